The number of carbonyl (C=O) groups is 1. The summed E-state index contributed by atoms with van der Waals surface area (Å²) < 4.78 is 0. The van der Waals surface area contributed by atoms with Gasteiger partial charge in [-0.15, -0.1) is 0 Å². The molecule has 10 nitrogen and oxygen atoms in total. The Balaban J connectivity index is 3.16. The number of carboxylic acids is 1. The molecule has 10 heteroatoms. The smallest absolute Gasteiger partial charge is 0.299 e. The molecule has 0 aliphatic rings. The molecule has 2 N–H and O–H groups in total. The number of hydrogen-bond donors (Lipinski definition) is 2. The Labute approximate surface area is 105 Å². The van der Waals surface area contributed by atoms with Gasteiger partial charge < -0.3 is 20.3 Å². The third kappa shape index (κ3) is 3.35. The van der Waals surface area contributed by atoms with E-state index in [9.17, 15) is 30.1 Å². The van der Waals surface area contributed by atoms with Crippen LogP contribution in [0, 0.1) is 20.2 Å². The molecule has 0 aliphatic heterocycles. The maximum absolute atomic E-state index is 10.8. The highest BCUT2D eigenvalue weighted by Crippen LogP contribution is 2.29. The largest absolute Gasteiger partial charge is 0.548 e. The number of rotatable bonds is 6. The van der Waals surface area contributed by atoms with Crippen LogP contribution in [-0.2, 0) is 4.79 Å². The van der Waals surface area contributed by atoms with Crippen LogP contribution in [0.5, 0.6) is 0 Å². The minimum Gasteiger partial charge on any atom is -0.548 e. The van der Waals surface area contributed by atoms with E-state index in [0.29, 0.717) is 6.07 Å². The van der Waals surface area contributed by atoms with Crippen LogP contribution in [-0.4, -0.2) is 33.6 Å². The molecule has 0 aliphatic carbocycles. The van der Waals surface area contributed by atoms with Crippen molar-refractivity contribution in [2.45, 2.75) is 6.04 Å². The van der Waals surface area contributed by atoms with E-state index in [-0.39, 0.29) is 5.69 Å². The zero-order valence-electron chi connectivity index (χ0n) is 9.31. The van der Waals surface area contributed by atoms with Crippen LogP contribution in [0.4, 0.5) is 17.1 Å². The topological polar surface area (TPSA) is 159 Å². The summed E-state index contributed by atoms with van der Waals surface area (Å²) in [6.07, 6.45) is 0. The lowest BCUT2D eigenvalue weighted by molar-refractivity contribution is -0.393. The summed E-state index contributed by atoms with van der Waals surface area (Å²) >= 11 is 0. The zero-order chi connectivity index (χ0) is 14.6. The van der Waals surface area contributed by atoms with Crippen molar-refractivity contribution in [1.29, 1.82) is 0 Å². The fraction of sp³-hybridized carbons (Fsp3) is 0.222. The highest BCUT2D eigenvalue weighted by Gasteiger charge is 2.21. The van der Waals surface area contributed by atoms with Crippen molar-refractivity contribution in [3.8, 4) is 0 Å². The predicted molar refractivity (Wildman–Crippen MR) is 59.3 cm³/mol. The Morgan fingerprint density at radius 1 is 1.32 bits per heavy atom. The normalized spacial score (nSPS) is 11.6. The summed E-state index contributed by atoms with van der Waals surface area (Å²) in [5, 5.41) is 42.8. The second-order valence-corrected chi connectivity index (χ2v) is 3.41. The molecule has 1 atom stereocenters. The first-order valence-corrected chi connectivity index (χ1v) is 4.88. The molecule has 19 heavy (non-hydrogen) atoms. The third-order valence-corrected chi connectivity index (χ3v) is 2.19. The summed E-state index contributed by atoms with van der Waals surface area (Å²) in [6, 6.07) is 1.09. The molecule has 0 saturated carbocycles. The number of non-ortho nitro benzene ring substituents is 1. The van der Waals surface area contributed by atoms with Gasteiger partial charge in [0.2, 0.25) is 0 Å². The summed E-state index contributed by atoms with van der Waals surface area (Å²) in [7, 11) is 0. The first-order chi connectivity index (χ1) is 8.86. The molecule has 0 bridgehead atoms. The molecular formula is C9H8N3O7-. The molecule has 1 rings (SSSR count). The Bertz CT molecular complexity index is 531. The molecule has 0 amide bonds. The van der Waals surface area contributed by atoms with Gasteiger partial charge in [0.05, 0.1) is 34.5 Å². The number of nitro groups is 2. The molecule has 0 radical (unpaired) electrons. The van der Waals surface area contributed by atoms with Gasteiger partial charge in [0.25, 0.3) is 11.4 Å². The van der Waals surface area contributed by atoms with Gasteiger partial charge in [-0.1, -0.05) is 0 Å². The van der Waals surface area contributed by atoms with Crippen molar-refractivity contribution < 1.29 is 24.9 Å². The summed E-state index contributed by atoms with van der Waals surface area (Å²) in [5.41, 5.74) is -1.45. The standard InChI is InChI=1S/C9H9N3O7/c13-4-7(9(14)15)10-6-2-1-5(11(16)17)3-8(6)12(18)19/h1-3,7,10,13H,4H2,(H,14,15)/p-1. The van der Waals surface area contributed by atoms with Gasteiger partial charge in [0, 0.05) is 6.07 Å². The third-order valence-electron chi connectivity index (χ3n) is 2.19. The number of aliphatic carboxylic acids is 1. The number of nitro benzene ring substituents is 2. The first kappa shape index (κ1) is 14.3. The monoisotopic (exact) mass is 270 g/mol. The lowest BCUT2D eigenvalue weighted by Gasteiger charge is -2.17. The van der Waals surface area contributed by atoms with E-state index in [2.05, 4.69) is 5.32 Å². The van der Waals surface area contributed by atoms with E-state index >= 15 is 0 Å². The van der Waals surface area contributed by atoms with Crippen LogP contribution in [0.3, 0.4) is 0 Å². The minimum absolute atomic E-state index is 0.265. The number of aliphatic hydroxyl groups excluding tert-OH is 1. The first-order valence-electron chi connectivity index (χ1n) is 4.88. The molecule has 102 valence electrons. The molecular weight excluding hydrogens is 262 g/mol. The molecule has 1 unspecified atom stereocenters. The van der Waals surface area contributed by atoms with E-state index in [1.807, 2.05) is 0 Å². The Morgan fingerprint density at radius 2 is 1.95 bits per heavy atom. The van der Waals surface area contributed by atoms with Crippen molar-refractivity contribution in [3.05, 3.63) is 38.4 Å². The predicted octanol–water partition coefficient (Wildman–Crippen LogP) is -0.974. The van der Waals surface area contributed by atoms with Gasteiger partial charge in [-0.05, 0) is 6.07 Å². The quantitative estimate of drug-likeness (QED) is 0.493. The fourth-order valence-corrected chi connectivity index (χ4v) is 1.27. The average Bonchev–Trinajstić information content (AvgIpc) is 2.35. The second kappa shape index (κ2) is 5.73. The zero-order valence-corrected chi connectivity index (χ0v) is 9.31. The average molecular weight is 270 g/mol. The molecule has 0 heterocycles. The number of carbonyl (C=O) groups excluding carboxylic acids is 1. The maximum atomic E-state index is 10.8. The Hall–Kier alpha value is -2.75. The number of carboxylic acid groups (broad SMARTS) is 1. The van der Waals surface area contributed by atoms with Crippen LogP contribution in [0.25, 0.3) is 0 Å². The molecule has 1 aromatic carbocycles. The number of nitrogens with zero attached hydrogens (tertiary/aromatic N) is 2. The Kier molecular flexibility index (Phi) is 4.32. The lowest BCUT2D eigenvalue weighted by atomic mass is 10.2. The maximum Gasteiger partial charge on any atom is 0.299 e. The minimum atomic E-state index is -1.66. The molecule has 0 saturated heterocycles. The SMILES string of the molecule is O=C([O-])C(CO)Nc1ccc([N+](=O)[O-])cc1[N+](=O)[O-]. The van der Waals surface area contributed by atoms with Crippen LogP contribution < -0.4 is 10.4 Å². The van der Waals surface area contributed by atoms with Gasteiger partial charge in [-0.3, -0.25) is 20.2 Å². The molecule has 1 aromatic rings. The van der Waals surface area contributed by atoms with Gasteiger partial charge in [0.15, 0.2) is 0 Å². The van der Waals surface area contributed by atoms with Crippen LogP contribution in [0.1, 0.15) is 0 Å². The second-order valence-electron chi connectivity index (χ2n) is 3.41. The van der Waals surface area contributed by atoms with Gasteiger partial charge in [-0.2, -0.15) is 0 Å². The van der Waals surface area contributed by atoms with Crippen LogP contribution in [0.2, 0.25) is 0 Å². The summed E-state index contributed by atoms with van der Waals surface area (Å²) in [4.78, 5) is 30.1. The number of aliphatic hydroxyl groups is 1. The molecule has 0 spiro atoms. The van der Waals surface area contributed by atoms with Gasteiger partial charge in [0.1, 0.15) is 5.69 Å². The van der Waals surface area contributed by atoms with Crippen LogP contribution >= 0.6 is 0 Å². The Morgan fingerprint density at radius 3 is 2.37 bits per heavy atom. The summed E-state index contributed by atoms with van der Waals surface area (Å²) in [6.45, 7) is -0.851. The molecule has 0 aromatic heterocycles. The van der Waals surface area contributed by atoms with E-state index in [0.717, 1.165) is 12.1 Å². The van der Waals surface area contributed by atoms with E-state index in [1.165, 1.54) is 0 Å². The molecule has 0 fully saturated rings. The number of benzene rings is 1. The fourth-order valence-electron chi connectivity index (χ4n) is 1.27. The van der Waals surface area contributed by atoms with Crippen molar-refractivity contribution in [1.82, 2.24) is 0 Å². The van der Waals surface area contributed by atoms with Crippen LogP contribution in [0.15, 0.2) is 18.2 Å². The highest BCUT2D eigenvalue weighted by atomic mass is 16.6. The van der Waals surface area contributed by atoms with Crippen molar-refractivity contribution in [2.24, 2.45) is 0 Å². The van der Waals surface area contributed by atoms with Gasteiger partial charge >= 0.3 is 0 Å². The van der Waals surface area contributed by atoms with E-state index in [1.54, 1.807) is 0 Å². The highest BCUT2D eigenvalue weighted by molar-refractivity contribution is 5.78. The van der Waals surface area contributed by atoms with Crippen molar-refractivity contribution in [2.75, 3.05) is 11.9 Å². The van der Waals surface area contributed by atoms with Gasteiger partial charge in [-0.25, -0.2) is 0 Å². The number of nitrogens with one attached hydrogen (secondary N) is 1. The summed E-state index contributed by atoms with van der Waals surface area (Å²) in [5.74, 6) is -1.66. The lowest BCUT2D eigenvalue weighted by Crippen LogP contribution is -2.43. The van der Waals surface area contributed by atoms with Crippen molar-refractivity contribution in [3.63, 3.8) is 0 Å². The number of anilines is 1. The van der Waals surface area contributed by atoms with Crippen molar-refractivity contribution >= 4 is 23.0 Å². The number of hydrogen-bond acceptors (Lipinski definition) is 8. The van der Waals surface area contributed by atoms with E-state index in [4.69, 9.17) is 5.11 Å². The van der Waals surface area contributed by atoms with E-state index < -0.39 is 39.8 Å².